The van der Waals surface area contributed by atoms with Crippen LogP contribution in [0.25, 0.3) is 0 Å². The van der Waals surface area contributed by atoms with Gasteiger partial charge in [0.25, 0.3) is 0 Å². The Morgan fingerprint density at radius 3 is 3.16 bits per heavy atom. The number of aryl methyl sites for hydroxylation is 1. The lowest BCUT2D eigenvalue weighted by molar-refractivity contribution is 0.451. The van der Waals surface area contributed by atoms with Crippen LogP contribution in [0, 0.1) is 0 Å². The third-order valence-corrected chi connectivity index (χ3v) is 4.92. The summed E-state index contributed by atoms with van der Waals surface area (Å²) < 4.78 is 0. The van der Waals surface area contributed by atoms with Gasteiger partial charge < -0.3 is 5.32 Å². The summed E-state index contributed by atoms with van der Waals surface area (Å²) in [5, 5.41) is 12.2. The van der Waals surface area contributed by atoms with Gasteiger partial charge in [0.1, 0.15) is 0 Å². The third-order valence-electron chi connectivity index (χ3n) is 3.63. The van der Waals surface area contributed by atoms with E-state index in [0.29, 0.717) is 12.0 Å². The first-order valence-electron chi connectivity index (χ1n) is 6.94. The van der Waals surface area contributed by atoms with Crippen molar-refractivity contribution in [1.29, 1.82) is 0 Å². The summed E-state index contributed by atoms with van der Waals surface area (Å²) in [6, 6.07) is 0.413. The van der Waals surface area contributed by atoms with E-state index in [1.165, 1.54) is 34.0 Å². The van der Waals surface area contributed by atoms with Crippen LogP contribution < -0.4 is 5.32 Å². The summed E-state index contributed by atoms with van der Waals surface area (Å²) in [6.45, 7) is 5.27. The van der Waals surface area contributed by atoms with Crippen LogP contribution in [0.2, 0.25) is 0 Å². The Morgan fingerprint density at radius 2 is 2.37 bits per heavy atom. The molecule has 2 heterocycles. The van der Waals surface area contributed by atoms with Crippen molar-refractivity contribution in [2.24, 2.45) is 0 Å². The number of rotatable bonds is 4. The molecule has 4 nitrogen and oxygen atoms in total. The number of H-pyrrole nitrogens is 1. The lowest BCUT2D eigenvalue weighted by Gasteiger charge is -2.22. The van der Waals surface area contributed by atoms with Crippen LogP contribution in [-0.4, -0.2) is 15.2 Å². The van der Waals surface area contributed by atoms with Gasteiger partial charge in [0.05, 0.1) is 16.9 Å². The molecule has 3 rings (SSSR count). The molecule has 0 saturated carbocycles. The molecule has 2 aromatic rings. The van der Waals surface area contributed by atoms with Crippen LogP contribution in [0.3, 0.4) is 0 Å². The zero-order valence-corrected chi connectivity index (χ0v) is 12.3. The highest BCUT2D eigenvalue weighted by molar-refractivity contribution is 7.11. The Morgan fingerprint density at radius 1 is 1.47 bits per heavy atom. The summed E-state index contributed by atoms with van der Waals surface area (Å²) in [4.78, 5) is 5.79. The van der Waals surface area contributed by atoms with Crippen molar-refractivity contribution in [3.8, 4) is 0 Å². The molecule has 0 unspecified atom stereocenters. The minimum Gasteiger partial charge on any atom is -0.304 e. The monoisotopic (exact) mass is 276 g/mol. The first kappa shape index (κ1) is 12.8. The highest BCUT2D eigenvalue weighted by Crippen LogP contribution is 2.28. The van der Waals surface area contributed by atoms with E-state index in [0.717, 1.165) is 13.0 Å². The van der Waals surface area contributed by atoms with Crippen molar-refractivity contribution in [2.75, 3.05) is 0 Å². The van der Waals surface area contributed by atoms with E-state index in [9.17, 15) is 0 Å². The van der Waals surface area contributed by atoms with Crippen molar-refractivity contribution < 1.29 is 0 Å². The Balaban J connectivity index is 1.64. The predicted molar refractivity (Wildman–Crippen MR) is 77.3 cm³/mol. The number of hydrogen-bond donors (Lipinski definition) is 2. The fourth-order valence-corrected chi connectivity index (χ4v) is 3.43. The first-order chi connectivity index (χ1) is 9.24. The number of fused-ring (bicyclic) bond motifs is 1. The fourth-order valence-electron chi connectivity index (χ4n) is 2.56. The van der Waals surface area contributed by atoms with E-state index in [1.807, 2.05) is 23.7 Å². The molecule has 0 bridgehead atoms. The molecule has 19 heavy (non-hydrogen) atoms. The van der Waals surface area contributed by atoms with Crippen molar-refractivity contribution in [3.05, 3.63) is 33.5 Å². The Hall–Kier alpha value is -1.20. The second-order valence-electron chi connectivity index (χ2n) is 5.45. The van der Waals surface area contributed by atoms with Gasteiger partial charge in [0.2, 0.25) is 0 Å². The lowest BCUT2D eigenvalue weighted by Crippen LogP contribution is -2.24. The van der Waals surface area contributed by atoms with Crippen LogP contribution in [0.4, 0.5) is 0 Å². The first-order valence-corrected chi connectivity index (χ1v) is 7.76. The maximum atomic E-state index is 4.47. The van der Waals surface area contributed by atoms with Crippen molar-refractivity contribution in [2.45, 2.75) is 51.6 Å². The predicted octanol–water partition coefficient (Wildman–Crippen LogP) is 3.16. The van der Waals surface area contributed by atoms with Crippen LogP contribution in [0.1, 0.15) is 59.8 Å². The van der Waals surface area contributed by atoms with Gasteiger partial charge in [0.15, 0.2) is 0 Å². The normalized spacial score (nSPS) is 18.8. The van der Waals surface area contributed by atoms with Gasteiger partial charge in [0, 0.05) is 29.6 Å². The molecule has 102 valence electrons. The van der Waals surface area contributed by atoms with Crippen molar-refractivity contribution >= 4 is 11.3 Å². The van der Waals surface area contributed by atoms with Crippen molar-refractivity contribution in [1.82, 2.24) is 20.5 Å². The van der Waals surface area contributed by atoms with Crippen LogP contribution in [0.15, 0.2) is 12.4 Å². The molecule has 5 heteroatoms. The average molecular weight is 276 g/mol. The topological polar surface area (TPSA) is 53.6 Å². The molecule has 1 aliphatic carbocycles. The van der Waals surface area contributed by atoms with E-state index < -0.39 is 0 Å². The second kappa shape index (κ2) is 5.43. The highest BCUT2D eigenvalue weighted by atomic mass is 32.1. The summed E-state index contributed by atoms with van der Waals surface area (Å²) in [7, 11) is 0. The minimum absolute atomic E-state index is 0.413. The van der Waals surface area contributed by atoms with Gasteiger partial charge in [-0.1, -0.05) is 13.8 Å². The number of nitrogens with one attached hydrogen (secondary N) is 2. The summed E-state index contributed by atoms with van der Waals surface area (Å²) in [5.74, 6) is 0.521. The maximum absolute atomic E-state index is 4.47. The zero-order chi connectivity index (χ0) is 13.2. The molecule has 0 amide bonds. The van der Waals surface area contributed by atoms with E-state index in [1.54, 1.807) is 0 Å². The average Bonchev–Trinajstić information content (AvgIpc) is 3.05. The van der Waals surface area contributed by atoms with E-state index >= 15 is 0 Å². The number of thiazole rings is 1. The summed E-state index contributed by atoms with van der Waals surface area (Å²) in [6.07, 6.45) is 7.55. The van der Waals surface area contributed by atoms with Gasteiger partial charge >= 0.3 is 0 Å². The number of aromatic amines is 1. The standard InChI is InChI=1S/C14H20N4S/c1-9(2)14-16-8-11(19-14)7-15-12-5-3-4-10-6-17-18-13(10)12/h6,8-9,12,15H,3-5,7H2,1-2H3,(H,17,18)/t12-/m1/s1. The summed E-state index contributed by atoms with van der Waals surface area (Å²) >= 11 is 1.81. The summed E-state index contributed by atoms with van der Waals surface area (Å²) in [5.41, 5.74) is 2.65. The molecule has 0 spiro atoms. The maximum Gasteiger partial charge on any atom is 0.0953 e. The Labute approximate surface area is 117 Å². The quantitative estimate of drug-likeness (QED) is 0.902. The zero-order valence-electron chi connectivity index (χ0n) is 11.4. The van der Waals surface area contributed by atoms with E-state index in [-0.39, 0.29) is 0 Å². The van der Waals surface area contributed by atoms with E-state index in [4.69, 9.17) is 0 Å². The fraction of sp³-hybridized carbons (Fsp3) is 0.571. The number of nitrogens with zero attached hydrogens (tertiary/aromatic N) is 2. The molecule has 0 aliphatic heterocycles. The largest absolute Gasteiger partial charge is 0.304 e. The van der Waals surface area contributed by atoms with Gasteiger partial charge in [-0.3, -0.25) is 5.10 Å². The van der Waals surface area contributed by atoms with Crippen LogP contribution in [-0.2, 0) is 13.0 Å². The number of aromatic nitrogens is 3. The lowest BCUT2D eigenvalue weighted by atomic mass is 9.94. The van der Waals surface area contributed by atoms with Gasteiger partial charge in [-0.2, -0.15) is 5.10 Å². The highest BCUT2D eigenvalue weighted by Gasteiger charge is 2.21. The molecule has 0 radical (unpaired) electrons. The molecule has 0 aromatic carbocycles. The van der Waals surface area contributed by atoms with E-state index in [2.05, 4.69) is 34.3 Å². The van der Waals surface area contributed by atoms with Crippen LogP contribution in [0.5, 0.6) is 0 Å². The molecular weight excluding hydrogens is 256 g/mol. The van der Waals surface area contributed by atoms with Crippen LogP contribution >= 0.6 is 11.3 Å². The molecule has 1 aliphatic rings. The van der Waals surface area contributed by atoms with Gasteiger partial charge in [-0.15, -0.1) is 11.3 Å². The second-order valence-corrected chi connectivity index (χ2v) is 6.60. The smallest absolute Gasteiger partial charge is 0.0953 e. The number of hydrogen-bond acceptors (Lipinski definition) is 4. The molecule has 2 aromatic heterocycles. The Kier molecular flexibility index (Phi) is 3.66. The minimum atomic E-state index is 0.413. The molecular formula is C14H20N4S. The molecule has 0 fully saturated rings. The SMILES string of the molecule is CC(C)c1ncc(CN[C@@H]2CCCc3cn[nH]c32)s1. The molecule has 1 atom stereocenters. The van der Waals surface area contributed by atoms with Gasteiger partial charge in [-0.05, 0) is 24.8 Å². The molecule has 2 N–H and O–H groups in total. The van der Waals surface area contributed by atoms with Gasteiger partial charge in [-0.25, -0.2) is 4.98 Å². The molecule has 0 saturated heterocycles. The van der Waals surface area contributed by atoms with Crippen molar-refractivity contribution in [3.63, 3.8) is 0 Å². The Bertz CT molecular complexity index is 543. The third kappa shape index (κ3) is 2.72.